The van der Waals surface area contributed by atoms with Crippen LogP contribution < -0.4 is 10.9 Å². The van der Waals surface area contributed by atoms with Crippen LogP contribution >= 0.6 is 0 Å². The van der Waals surface area contributed by atoms with Gasteiger partial charge in [0, 0.05) is 0 Å². The van der Waals surface area contributed by atoms with Crippen molar-refractivity contribution in [3.05, 3.63) is 75.3 Å². The molecule has 0 radical (unpaired) electrons. The van der Waals surface area contributed by atoms with E-state index in [0.717, 1.165) is 11.1 Å². The molecule has 134 valence electrons. The van der Waals surface area contributed by atoms with Gasteiger partial charge in [-0.25, -0.2) is 4.98 Å². The maximum absolute atomic E-state index is 12.6. The van der Waals surface area contributed by atoms with E-state index in [1.165, 1.54) is 22.0 Å². The van der Waals surface area contributed by atoms with Crippen LogP contribution in [0.25, 0.3) is 10.9 Å². The van der Waals surface area contributed by atoms with Gasteiger partial charge in [0.1, 0.15) is 6.54 Å². The van der Waals surface area contributed by atoms with Gasteiger partial charge in [0.25, 0.3) is 5.56 Å². The summed E-state index contributed by atoms with van der Waals surface area (Å²) in [5, 5.41) is 3.48. The fraction of sp³-hybridized carbons (Fsp3) is 0.286. The number of hydrogen-bond donors (Lipinski definition) is 1. The third-order valence-electron chi connectivity index (χ3n) is 4.70. The SMILES string of the molecule is Cc1ccc2ncn(CC(=O)NC(C)c3ccc(C)c(C)c3)c(=O)c2c1. The van der Waals surface area contributed by atoms with Crippen LogP contribution in [0.2, 0.25) is 0 Å². The summed E-state index contributed by atoms with van der Waals surface area (Å²) in [5.74, 6) is -0.216. The first-order chi connectivity index (χ1) is 12.3. The van der Waals surface area contributed by atoms with Crippen LogP contribution in [0, 0.1) is 20.8 Å². The number of aromatic nitrogens is 2. The van der Waals surface area contributed by atoms with Crippen LogP contribution in [0.3, 0.4) is 0 Å². The third kappa shape index (κ3) is 3.67. The number of hydrogen-bond acceptors (Lipinski definition) is 3. The van der Waals surface area contributed by atoms with Crippen LogP contribution in [-0.2, 0) is 11.3 Å². The van der Waals surface area contributed by atoms with E-state index >= 15 is 0 Å². The Morgan fingerprint density at radius 3 is 2.62 bits per heavy atom. The Morgan fingerprint density at radius 1 is 1.12 bits per heavy atom. The molecule has 0 aliphatic carbocycles. The number of nitrogens with one attached hydrogen (secondary N) is 1. The first-order valence-electron chi connectivity index (χ1n) is 8.67. The lowest BCUT2D eigenvalue weighted by molar-refractivity contribution is -0.122. The van der Waals surface area contributed by atoms with Gasteiger partial charge in [-0.15, -0.1) is 0 Å². The van der Waals surface area contributed by atoms with Gasteiger partial charge in [-0.3, -0.25) is 14.2 Å². The summed E-state index contributed by atoms with van der Waals surface area (Å²) in [6.07, 6.45) is 1.43. The van der Waals surface area contributed by atoms with Gasteiger partial charge in [-0.2, -0.15) is 0 Å². The molecular weight excluding hydrogens is 326 g/mol. The number of aryl methyl sites for hydroxylation is 3. The van der Waals surface area contributed by atoms with Gasteiger partial charge < -0.3 is 5.32 Å². The molecule has 1 atom stereocenters. The number of nitrogens with zero attached hydrogens (tertiary/aromatic N) is 2. The molecule has 1 amide bonds. The Bertz CT molecular complexity index is 1040. The highest BCUT2D eigenvalue weighted by Gasteiger charge is 2.12. The largest absolute Gasteiger partial charge is 0.348 e. The van der Waals surface area contributed by atoms with E-state index in [1.807, 2.05) is 38.1 Å². The van der Waals surface area contributed by atoms with Crippen LogP contribution in [0.15, 0.2) is 47.5 Å². The zero-order valence-corrected chi connectivity index (χ0v) is 15.5. The summed E-state index contributed by atoms with van der Waals surface area (Å²) in [7, 11) is 0. The van der Waals surface area contributed by atoms with Crippen molar-refractivity contribution in [3.8, 4) is 0 Å². The minimum Gasteiger partial charge on any atom is -0.348 e. The molecule has 0 aliphatic heterocycles. The minimum atomic E-state index is -0.216. The highest BCUT2D eigenvalue weighted by molar-refractivity contribution is 5.79. The lowest BCUT2D eigenvalue weighted by atomic mass is 10.0. The molecule has 1 heterocycles. The zero-order valence-electron chi connectivity index (χ0n) is 15.5. The minimum absolute atomic E-state index is 0.0507. The van der Waals surface area contributed by atoms with Crippen molar-refractivity contribution < 1.29 is 4.79 Å². The fourth-order valence-electron chi connectivity index (χ4n) is 2.94. The van der Waals surface area contributed by atoms with Crippen molar-refractivity contribution >= 4 is 16.8 Å². The first-order valence-corrected chi connectivity index (χ1v) is 8.67. The third-order valence-corrected chi connectivity index (χ3v) is 4.70. The maximum atomic E-state index is 12.6. The molecule has 0 bridgehead atoms. The normalized spacial score (nSPS) is 12.2. The Hall–Kier alpha value is -2.95. The van der Waals surface area contributed by atoms with E-state index in [0.29, 0.717) is 10.9 Å². The highest BCUT2D eigenvalue weighted by atomic mass is 16.2. The summed E-state index contributed by atoms with van der Waals surface area (Å²) in [5.41, 5.74) is 4.88. The number of rotatable bonds is 4. The van der Waals surface area contributed by atoms with Crippen LogP contribution in [0.1, 0.15) is 35.2 Å². The summed E-state index contributed by atoms with van der Waals surface area (Å²) in [4.78, 5) is 29.3. The molecule has 0 saturated carbocycles. The second-order valence-corrected chi connectivity index (χ2v) is 6.83. The predicted octanol–water partition coefficient (Wildman–Crippen LogP) is 3.20. The standard InChI is InChI=1S/C21H23N3O2/c1-13-5-8-19-18(9-13)21(26)24(12-22-19)11-20(25)23-16(4)17-7-6-14(2)15(3)10-17/h5-10,12,16H,11H2,1-4H3,(H,23,25). The second kappa shape index (κ2) is 7.12. The van der Waals surface area contributed by atoms with E-state index in [-0.39, 0.29) is 24.1 Å². The average molecular weight is 349 g/mol. The number of fused-ring (bicyclic) bond motifs is 1. The molecule has 26 heavy (non-hydrogen) atoms. The van der Waals surface area contributed by atoms with Crippen molar-refractivity contribution in [2.75, 3.05) is 0 Å². The van der Waals surface area contributed by atoms with Gasteiger partial charge in [-0.05, 0) is 56.5 Å². The Morgan fingerprint density at radius 2 is 1.88 bits per heavy atom. The van der Waals surface area contributed by atoms with Crippen molar-refractivity contribution in [1.82, 2.24) is 14.9 Å². The van der Waals surface area contributed by atoms with Gasteiger partial charge in [0.15, 0.2) is 0 Å². The highest BCUT2D eigenvalue weighted by Crippen LogP contribution is 2.16. The summed E-state index contributed by atoms with van der Waals surface area (Å²) in [6.45, 7) is 7.92. The molecule has 1 unspecified atom stereocenters. The van der Waals surface area contributed by atoms with Gasteiger partial charge in [0.2, 0.25) is 5.91 Å². The lowest BCUT2D eigenvalue weighted by Gasteiger charge is -2.16. The molecule has 0 fully saturated rings. The van der Waals surface area contributed by atoms with E-state index < -0.39 is 0 Å². The Balaban J connectivity index is 1.77. The molecule has 3 aromatic rings. The van der Waals surface area contributed by atoms with Gasteiger partial charge >= 0.3 is 0 Å². The van der Waals surface area contributed by atoms with Gasteiger partial charge in [0.05, 0.1) is 23.3 Å². The smallest absolute Gasteiger partial charge is 0.261 e. The Kier molecular flexibility index (Phi) is 4.89. The summed E-state index contributed by atoms with van der Waals surface area (Å²) in [6, 6.07) is 11.5. The molecule has 0 saturated heterocycles. The van der Waals surface area contributed by atoms with Crippen LogP contribution in [0.4, 0.5) is 0 Å². The van der Waals surface area contributed by atoms with Crippen LogP contribution in [0.5, 0.6) is 0 Å². The Labute approximate surface area is 152 Å². The van der Waals surface area contributed by atoms with E-state index in [2.05, 4.69) is 30.2 Å². The molecule has 1 N–H and O–H groups in total. The lowest BCUT2D eigenvalue weighted by Crippen LogP contribution is -2.34. The van der Waals surface area contributed by atoms with Crippen molar-refractivity contribution in [3.63, 3.8) is 0 Å². The van der Waals surface area contributed by atoms with E-state index in [1.54, 1.807) is 6.07 Å². The second-order valence-electron chi connectivity index (χ2n) is 6.83. The predicted molar refractivity (Wildman–Crippen MR) is 103 cm³/mol. The molecule has 3 rings (SSSR count). The topological polar surface area (TPSA) is 64.0 Å². The molecule has 0 aliphatic rings. The monoisotopic (exact) mass is 349 g/mol. The molecule has 1 aromatic heterocycles. The van der Waals surface area contributed by atoms with Crippen LogP contribution in [-0.4, -0.2) is 15.5 Å². The summed E-state index contributed by atoms with van der Waals surface area (Å²) < 4.78 is 1.35. The van der Waals surface area contributed by atoms with E-state index in [9.17, 15) is 9.59 Å². The number of amides is 1. The number of benzene rings is 2. The fourth-order valence-corrected chi connectivity index (χ4v) is 2.94. The van der Waals surface area contributed by atoms with Gasteiger partial charge in [-0.1, -0.05) is 29.8 Å². The number of carbonyl (C=O) groups excluding carboxylic acids is 1. The zero-order chi connectivity index (χ0) is 18.8. The quantitative estimate of drug-likeness (QED) is 0.787. The average Bonchev–Trinajstić information content (AvgIpc) is 2.60. The maximum Gasteiger partial charge on any atom is 0.261 e. The molecule has 5 nitrogen and oxygen atoms in total. The van der Waals surface area contributed by atoms with Crippen molar-refractivity contribution in [2.24, 2.45) is 0 Å². The van der Waals surface area contributed by atoms with Crippen molar-refractivity contribution in [1.29, 1.82) is 0 Å². The van der Waals surface area contributed by atoms with E-state index in [4.69, 9.17) is 0 Å². The molecule has 2 aromatic carbocycles. The number of carbonyl (C=O) groups is 1. The molecule has 0 spiro atoms. The first kappa shape index (κ1) is 17.9. The molecular formula is C21H23N3O2. The summed E-state index contributed by atoms with van der Waals surface area (Å²) >= 11 is 0. The van der Waals surface area contributed by atoms with Crippen molar-refractivity contribution in [2.45, 2.75) is 40.3 Å². The molecule has 5 heteroatoms.